The second kappa shape index (κ2) is 8.68. The molecule has 4 aliphatic rings. The number of piperidine rings is 1. The summed E-state index contributed by atoms with van der Waals surface area (Å²) in [4.78, 5) is 51.0. The maximum Gasteiger partial charge on any atom is 0.266 e. The number of amides is 4. The van der Waals surface area contributed by atoms with E-state index in [4.69, 9.17) is 4.74 Å². The number of fused-ring (bicyclic) bond motifs is 1. The standard InChI is InChI=1S/C25H30N2O5/c28-21-14-13-19(23(29)26-21)27-24(30)18-9-4-10-20(22(18)25(27)31)32-17-8-3-7-16(11-12-17)15-5-1-2-6-15/h4,9-10,15-17,19H,1-3,5-8,11-14H2,(H,26,28,29). The van der Waals surface area contributed by atoms with Crippen molar-refractivity contribution in [3.05, 3.63) is 29.3 Å². The molecule has 5 rings (SSSR count). The molecule has 3 fully saturated rings. The van der Waals surface area contributed by atoms with Crippen LogP contribution in [0.2, 0.25) is 0 Å². The van der Waals surface area contributed by atoms with Crippen LogP contribution >= 0.6 is 0 Å². The zero-order valence-electron chi connectivity index (χ0n) is 18.3. The number of rotatable bonds is 4. The van der Waals surface area contributed by atoms with E-state index in [1.807, 2.05) is 0 Å². The highest BCUT2D eigenvalue weighted by atomic mass is 16.5. The van der Waals surface area contributed by atoms with Gasteiger partial charge < -0.3 is 4.74 Å². The van der Waals surface area contributed by atoms with Crippen molar-refractivity contribution in [2.45, 2.75) is 82.8 Å². The lowest BCUT2D eigenvalue weighted by Gasteiger charge is -2.27. The Morgan fingerprint density at radius 3 is 2.34 bits per heavy atom. The second-order valence-corrected chi connectivity index (χ2v) is 9.68. The molecule has 2 aliphatic carbocycles. The SMILES string of the molecule is O=C1CCC(N2C(=O)c3cccc(OC4CCCC(C5CCCC5)CC4)c3C2=O)C(=O)N1. The lowest BCUT2D eigenvalue weighted by atomic mass is 9.85. The van der Waals surface area contributed by atoms with E-state index < -0.39 is 23.8 Å². The molecule has 2 heterocycles. The van der Waals surface area contributed by atoms with Gasteiger partial charge in [0.25, 0.3) is 11.8 Å². The fourth-order valence-electron chi connectivity index (χ4n) is 6.08. The third kappa shape index (κ3) is 3.82. The molecular formula is C25H30N2O5. The predicted octanol–water partition coefficient (Wildman–Crippen LogP) is 3.61. The maximum atomic E-state index is 13.3. The van der Waals surface area contributed by atoms with E-state index in [1.165, 1.54) is 32.1 Å². The van der Waals surface area contributed by atoms with E-state index in [2.05, 4.69) is 5.32 Å². The van der Waals surface area contributed by atoms with E-state index in [-0.39, 0.29) is 36.0 Å². The van der Waals surface area contributed by atoms with E-state index in [1.54, 1.807) is 18.2 Å². The summed E-state index contributed by atoms with van der Waals surface area (Å²) in [6.07, 6.45) is 11.2. The maximum absolute atomic E-state index is 13.3. The molecule has 1 N–H and O–H groups in total. The zero-order valence-corrected chi connectivity index (χ0v) is 18.3. The van der Waals surface area contributed by atoms with Gasteiger partial charge in [-0.2, -0.15) is 0 Å². The summed E-state index contributed by atoms with van der Waals surface area (Å²) in [7, 11) is 0. The van der Waals surface area contributed by atoms with Crippen LogP contribution in [-0.2, 0) is 9.59 Å². The van der Waals surface area contributed by atoms with Crippen molar-refractivity contribution in [1.82, 2.24) is 10.2 Å². The van der Waals surface area contributed by atoms with Crippen LogP contribution in [0.3, 0.4) is 0 Å². The summed E-state index contributed by atoms with van der Waals surface area (Å²) in [5.41, 5.74) is 0.522. The van der Waals surface area contributed by atoms with Gasteiger partial charge in [-0.15, -0.1) is 0 Å². The molecule has 0 bridgehead atoms. The van der Waals surface area contributed by atoms with E-state index in [0.29, 0.717) is 5.75 Å². The van der Waals surface area contributed by atoms with Gasteiger partial charge >= 0.3 is 0 Å². The largest absolute Gasteiger partial charge is 0.490 e. The first-order chi connectivity index (χ1) is 15.5. The van der Waals surface area contributed by atoms with Crippen LogP contribution in [0.1, 0.15) is 91.3 Å². The van der Waals surface area contributed by atoms with Crippen molar-refractivity contribution >= 4 is 23.6 Å². The Morgan fingerprint density at radius 2 is 1.56 bits per heavy atom. The quantitative estimate of drug-likeness (QED) is 0.573. The summed E-state index contributed by atoms with van der Waals surface area (Å²) < 4.78 is 6.33. The molecule has 4 amide bonds. The molecule has 0 radical (unpaired) electrons. The zero-order chi connectivity index (χ0) is 22.2. The van der Waals surface area contributed by atoms with Crippen molar-refractivity contribution < 1.29 is 23.9 Å². The number of hydrogen-bond acceptors (Lipinski definition) is 5. The fraction of sp³-hybridized carbons (Fsp3) is 0.600. The van der Waals surface area contributed by atoms with Gasteiger partial charge in [0.2, 0.25) is 11.8 Å². The molecule has 0 aromatic heterocycles. The number of carbonyl (C=O) groups is 4. The number of nitrogens with zero attached hydrogens (tertiary/aromatic N) is 1. The van der Waals surface area contributed by atoms with Crippen molar-refractivity contribution in [3.8, 4) is 5.75 Å². The van der Waals surface area contributed by atoms with Crippen molar-refractivity contribution in [3.63, 3.8) is 0 Å². The minimum atomic E-state index is -0.960. The van der Waals surface area contributed by atoms with Crippen LogP contribution < -0.4 is 10.1 Å². The van der Waals surface area contributed by atoms with Crippen molar-refractivity contribution in [2.24, 2.45) is 11.8 Å². The molecule has 1 saturated heterocycles. The summed E-state index contributed by atoms with van der Waals surface area (Å²) in [5.74, 6) is 0.0885. The van der Waals surface area contributed by atoms with Crippen molar-refractivity contribution in [1.29, 1.82) is 0 Å². The molecule has 3 atom stereocenters. The Labute approximate surface area is 187 Å². The summed E-state index contributed by atoms with van der Waals surface area (Å²) in [5, 5.41) is 2.23. The average Bonchev–Trinajstić information content (AvgIpc) is 3.32. The third-order valence-electron chi connectivity index (χ3n) is 7.75. The molecule has 1 aromatic rings. The molecule has 1 aromatic carbocycles. The highest BCUT2D eigenvalue weighted by Gasteiger charge is 2.46. The van der Waals surface area contributed by atoms with Crippen LogP contribution in [0, 0.1) is 11.8 Å². The second-order valence-electron chi connectivity index (χ2n) is 9.68. The van der Waals surface area contributed by atoms with E-state index in [0.717, 1.165) is 42.4 Å². The van der Waals surface area contributed by atoms with Crippen LogP contribution in [0.5, 0.6) is 5.75 Å². The molecule has 3 unspecified atom stereocenters. The normalized spacial score (nSPS) is 29.1. The first-order valence-electron chi connectivity index (χ1n) is 12.0. The Kier molecular flexibility index (Phi) is 5.74. The Morgan fingerprint density at radius 1 is 0.812 bits per heavy atom. The first kappa shape index (κ1) is 21.2. The molecule has 2 aliphatic heterocycles. The molecular weight excluding hydrogens is 408 g/mol. The molecule has 32 heavy (non-hydrogen) atoms. The van der Waals surface area contributed by atoms with Crippen LogP contribution in [0.25, 0.3) is 0 Å². The Hall–Kier alpha value is -2.70. The van der Waals surface area contributed by atoms with E-state index in [9.17, 15) is 19.2 Å². The van der Waals surface area contributed by atoms with E-state index >= 15 is 0 Å². The Bertz CT molecular complexity index is 952. The van der Waals surface area contributed by atoms with Gasteiger partial charge in [0.15, 0.2) is 0 Å². The number of carbonyl (C=O) groups excluding carboxylic acids is 4. The number of nitrogens with one attached hydrogen (secondary N) is 1. The lowest BCUT2D eigenvalue weighted by molar-refractivity contribution is -0.136. The van der Waals surface area contributed by atoms with Gasteiger partial charge in [0, 0.05) is 6.42 Å². The minimum Gasteiger partial charge on any atom is -0.490 e. The summed E-state index contributed by atoms with van der Waals surface area (Å²) in [6.45, 7) is 0. The summed E-state index contributed by atoms with van der Waals surface area (Å²) >= 11 is 0. The summed E-state index contributed by atoms with van der Waals surface area (Å²) in [6, 6.07) is 4.12. The molecule has 0 spiro atoms. The lowest BCUT2D eigenvalue weighted by Crippen LogP contribution is -2.54. The van der Waals surface area contributed by atoms with Crippen LogP contribution in [-0.4, -0.2) is 40.7 Å². The van der Waals surface area contributed by atoms with Crippen LogP contribution in [0.4, 0.5) is 0 Å². The number of ether oxygens (including phenoxy) is 1. The van der Waals surface area contributed by atoms with Gasteiger partial charge in [-0.05, 0) is 56.1 Å². The van der Waals surface area contributed by atoms with Gasteiger partial charge in [0.1, 0.15) is 11.8 Å². The van der Waals surface area contributed by atoms with Gasteiger partial charge in [-0.25, -0.2) is 0 Å². The first-order valence-corrected chi connectivity index (χ1v) is 12.0. The average molecular weight is 439 g/mol. The van der Waals surface area contributed by atoms with Crippen molar-refractivity contribution in [2.75, 3.05) is 0 Å². The van der Waals surface area contributed by atoms with Gasteiger partial charge in [-0.3, -0.25) is 29.4 Å². The van der Waals surface area contributed by atoms with Gasteiger partial charge in [-0.1, -0.05) is 38.2 Å². The number of hydrogen-bond donors (Lipinski definition) is 1. The molecule has 2 saturated carbocycles. The minimum absolute atomic E-state index is 0.0282. The van der Waals surface area contributed by atoms with Crippen LogP contribution in [0.15, 0.2) is 18.2 Å². The molecule has 7 heteroatoms. The highest BCUT2D eigenvalue weighted by molar-refractivity contribution is 6.24. The number of benzene rings is 1. The molecule has 170 valence electrons. The smallest absolute Gasteiger partial charge is 0.266 e. The topological polar surface area (TPSA) is 92.8 Å². The number of imide groups is 2. The highest BCUT2D eigenvalue weighted by Crippen LogP contribution is 2.40. The monoisotopic (exact) mass is 438 g/mol. The predicted molar refractivity (Wildman–Crippen MR) is 116 cm³/mol. The molecule has 7 nitrogen and oxygen atoms in total. The Balaban J connectivity index is 1.32. The van der Waals surface area contributed by atoms with Gasteiger partial charge in [0.05, 0.1) is 17.2 Å². The fourth-order valence-corrected chi connectivity index (χ4v) is 6.08. The third-order valence-corrected chi connectivity index (χ3v) is 7.75.